The van der Waals surface area contributed by atoms with Crippen molar-refractivity contribution in [3.05, 3.63) is 0 Å². The van der Waals surface area contributed by atoms with Gasteiger partial charge in [-0.05, 0) is 6.42 Å². The summed E-state index contributed by atoms with van der Waals surface area (Å²) in [4.78, 5) is 23.6. The van der Waals surface area contributed by atoms with Gasteiger partial charge in [0.1, 0.15) is 6.54 Å². The number of rotatable bonds is 11. The molecule has 0 aromatic carbocycles. The topological polar surface area (TPSA) is 57.6 Å². The monoisotopic (exact) mass is 267 g/mol. The quantitative estimate of drug-likeness (QED) is 0.462. The molecule has 19 heavy (non-hydrogen) atoms. The van der Waals surface area contributed by atoms with Gasteiger partial charge < -0.3 is 10.0 Å². The largest absolute Gasteiger partial charge is 0.480 e. The molecule has 4 heteroatoms. The first-order chi connectivity index (χ1) is 9.11. The van der Waals surface area contributed by atoms with Crippen molar-refractivity contribution in [3.63, 3.8) is 0 Å². The molecule has 0 aliphatic rings. The molecule has 0 bridgehead atoms. The van der Waals surface area contributed by atoms with Crippen LogP contribution in [0.25, 0.3) is 0 Å². The number of unbranched alkanes of at least 4 members (excludes halogenated alkanes) is 6. The summed E-state index contributed by atoms with van der Waals surface area (Å²) in [6, 6.07) is 0. The molecule has 0 atom stereocenters. The molecule has 0 unspecified atom stereocenters. The van der Waals surface area contributed by atoms with E-state index in [0.717, 1.165) is 19.3 Å². The number of nitrogens with zero attached hydrogens (tertiary/aromatic N) is 1. The van der Waals surface area contributed by atoms with Crippen molar-refractivity contribution in [3.8, 4) is 12.3 Å². The highest BCUT2D eigenvalue weighted by Gasteiger charge is 2.14. The van der Waals surface area contributed by atoms with Crippen molar-refractivity contribution in [1.29, 1.82) is 0 Å². The normalized spacial score (nSPS) is 9.89. The minimum atomic E-state index is -1.02. The third-order valence-electron chi connectivity index (χ3n) is 2.96. The maximum atomic E-state index is 11.8. The maximum Gasteiger partial charge on any atom is 0.323 e. The number of carboxylic acid groups (broad SMARTS) is 1. The first kappa shape index (κ1) is 17.5. The van der Waals surface area contributed by atoms with Gasteiger partial charge in [-0.3, -0.25) is 9.59 Å². The molecule has 0 aromatic rings. The number of terminal acetylenes is 1. The van der Waals surface area contributed by atoms with Crippen molar-refractivity contribution in [2.45, 2.75) is 58.3 Å². The fourth-order valence-corrected chi connectivity index (χ4v) is 1.90. The Hall–Kier alpha value is -1.50. The fraction of sp³-hybridized carbons (Fsp3) is 0.733. The van der Waals surface area contributed by atoms with E-state index >= 15 is 0 Å². The van der Waals surface area contributed by atoms with Gasteiger partial charge in [-0.1, -0.05) is 51.4 Å². The number of amides is 1. The number of hydrogen-bond donors (Lipinski definition) is 1. The van der Waals surface area contributed by atoms with Crippen LogP contribution in [0, 0.1) is 12.3 Å². The second-order valence-electron chi connectivity index (χ2n) is 4.72. The molecule has 0 aliphatic carbocycles. The summed E-state index contributed by atoms with van der Waals surface area (Å²) in [5, 5.41) is 8.69. The summed E-state index contributed by atoms with van der Waals surface area (Å²) in [5.41, 5.74) is 0. The van der Waals surface area contributed by atoms with Crippen LogP contribution in [-0.2, 0) is 9.59 Å². The number of carbonyl (C=O) groups is 2. The lowest BCUT2D eigenvalue weighted by atomic mass is 10.1. The van der Waals surface area contributed by atoms with Crippen LogP contribution in [0.3, 0.4) is 0 Å². The average Bonchev–Trinajstić information content (AvgIpc) is 2.36. The summed E-state index contributed by atoms with van der Waals surface area (Å²) in [6.07, 6.45) is 13.5. The van der Waals surface area contributed by atoms with Gasteiger partial charge in [-0.15, -0.1) is 6.42 Å². The van der Waals surface area contributed by atoms with E-state index in [-0.39, 0.29) is 19.0 Å². The van der Waals surface area contributed by atoms with E-state index in [2.05, 4.69) is 12.8 Å². The van der Waals surface area contributed by atoms with E-state index in [4.69, 9.17) is 11.5 Å². The van der Waals surface area contributed by atoms with Gasteiger partial charge in [0, 0.05) is 6.42 Å². The summed E-state index contributed by atoms with van der Waals surface area (Å²) >= 11 is 0. The highest BCUT2D eigenvalue weighted by molar-refractivity contribution is 5.81. The third-order valence-corrected chi connectivity index (χ3v) is 2.96. The van der Waals surface area contributed by atoms with Crippen molar-refractivity contribution in [2.75, 3.05) is 13.1 Å². The second-order valence-corrected chi connectivity index (χ2v) is 4.72. The van der Waals surface area contributed by atoms with Crippen molar-refractivity contribution >= 4 is 11.9 Å². The molecule has 1 N–H and O–H groups in total. The fourth-order valence-electron chi connectivity index (χ4n) is 1.90. The van der Waals surface area contributed by atoms with Crippen LogP contribution in [0.1, 0.15) is 58.3 Å². The zero-order valence-corrected chi connectivity index (χ0v) is 11.9. The molecule has 4 nitrogen and oxygen atoms in total. The Kier molecular flexibility index (Phi) is 10.7. The van der Waals surface area contributed by atoms with Gasteiger partial charge in [0.15, 0.2) is 0 Å². The molecular formula is C15H25NO3. The molecule has 0 fully saturated rings. The molecule has 0 radical (unpaired) electrons. The molecule has 0 spiro atoms. The number of aliphatic carboxylic acids is 1. The number of hydrogen-bond acceptors (Lipinski definition) is 2. The second kappa shape index (κ2) is 11.6. The Labute approximate surface area is 116 Å². The minimum Gasteiger partial charge on any atom is -0.480 e. The Balaban J connectivity index is 3.75. The van der Waals surface area contributed by atoms with Gasteiger partial charge in [0.05, 0.1) is 6.54 Å². The molecule has 0 rings (SSSR count). The van der Waals surface area contributed by atoms with Crippen molar-refractivity contribution in [1.82, 2.24) is 4.90 Å². The smallest absolute Gasteiger partial charge is 0.323 e. The average molecular weight is 267 g/mol. The molecule has 0 heterocycles. The lowest BCUT2D eigenvalue weighted by molar-refractivity contribution is -0.144. The standard InChI is InChI=1S/C15H25NO3/c1-3-5-6-7-8-9-10-11-14(17)16(12-4-2)13-15(18)19/h2H,3,5-13H2,1H3,(H,18,19). The number of carbonyl (C=O) groups excluding carboxylic acids is 1. The molecule has 1 amide bonds. The highest BCUT2D eigenvalue weighted by atomic mass is 16.4. The summed E-state index contributed by atoms with van der Waals surface area (Å²) in [7, 11) is 0. The zero-order valence-electron chi connectivity index (χ0n) is 11.9. The van der Waals surface area contributed by atoms with Crippen molar-refractivity contribution in [2.24, 2.45) is 0 Å². The van der Waals surface area contributed by atoms with E-state index in [1.807, 2.05) is 0 Å². The first-order valence-electron chi connectivity index (χ1n) is 7.04. The maximum absolute atomic E-state index is 11.8. The van der Waals surface area contributed by atoms with Crippen LogP contribution in [0.15, 0.2) is 0 Å². The van der Waals surface area contributed by atoms with Gasteiger partial charge in [0.25, 0.3) is 0 Å². The third kappa shape index (κ3) is 10.1. The Morgan fingerprint density at radius 2 is 1.68 bits per heavy atom. The van der Waals surface area contributed by atoms with Crippen LogP contribution in [-0.4, -0.2) is 35.0 Å². The van der Waals surface area contributed by atoms with Crippen LogP contribution in [0.5, 0.6) is 0 Å². The summed E-state index contributed by atoms with van der Waals surface area (Å²) in [6.45, 7) is 1.95. The van der Waals surface area contributed by atoms with E-state index in [9.17, 15) is 9.59 Å². The molecule has 0 aliphatic heterocycles. The molecule has 0 saturated heterocycles. The molecular weight excluding hydrogens is 242 g/mol. The first-order valence-corrected chi connectivity index (χ1v) is 7.04. The van der Waals surface area contributed by atoms with E-state index in [1.54, 1.807) is 0 Å². The predicted molar refractivity (Wildman–Crippen MR) is 75.7 cm³/mol. The summed E-state index contributed by atoms with van der Waals surface area (Å²) in [5.74, 6) is 1.14. The molecule has 0 saturated carbocycles. The number of carboxylic acids is 1. The van der Waals surface area contributed by atoms with E-state index in [0.29, 0.717) is 6.42 Å². The van der Waals surface area contributed by atoms with Crippen LogP contribution in [0.4, 0.5) is 0 Å². The Morgan fingerprint density at radius 3 is 2.21 bits per heavy atom. The van der Waals surface area contributed by atoms with Gasteiger partial charge in [-0.25, -0.2) is 0 Å². The predicted octanol–water partition coefficient (Wildman–Crippen LogP) is 2.67. The Morgan fingerprint density at radius 1 is 1.11 bits per heavy atom. The van der Waals surface area contributed by atoms with Crippen LogP contribution in [0.2, 0.25) is 0 Å². The van der Waals surface area contributed by atoms with Gasteiger partial charge >= 0.3 is 5.97 Å². The lowest BCUT2D eigenvalue weighted by Crippen LogP contribution is -2.35. The van der Waals surface area contributed by atoms with E-state index in [1.165, 1.54) is 30.6 Å². The zero-order chi connectivity index (χ0) is 14.5. The molecule has 108 valence electrons. The van der Waals surface area contributed by atoms with E-state index < -0.39 is 5.97 Å². The Bertz CT molecular complexity index is 307. The molecule has 0 aromatic heterocycles. The minimum absolute atomic E-state index is 0.0711. The highest BCUT2D eigenvalue weighted by Crippen LogP contribution is 2.09. The van der Waals surface area contributed by atoms with Gasteiger partial charge in [-0.2, -0.15) is 0 Å². The van der Waals surface area contributed by atoms with Crippen molar-refractivity contribution < 1.29 is 14.7 Å². The van der Waals surface area contributed by atoms with Crippen LogP contribution < -0.4 is 0 Å². The lowest BCUT2D eigenvalue weighted by Gasteiger charge is -2.17. The SMILES string of the molecule is C#CCN(CC(=O)O)C(=O)CCCCCCCCC. The van der Waals surface area contributed by atoms with Gasteiger partial charge in [0.2, 0.25) is 5.91 Å². The van der Waals surface area contributed by atoms with Crippen LogP contribution >= 0.6 is 0 Å². The summed E-state index contributed by atoms with van der Waals surface area (Å²) < 4.78 is 0.